The molecule has 9 heteroatoms. The van der Waals surface area contributed by atoms with Crippen LogP contribution in [0.4, 0.5) is 21.6 Å². The van der Waals surface area contributed by atoms with Crippen LogP contribution >= 0.6 is 0 Å². The van der Waals surface area contributed by atoms with Crippen molar-refractivity contribution in [1.82, 2.24) is 9.97 Å². The second kappa shape index (κ2) is 8.27. The summed E-state index contributed by atoms with van der Waals surface area (Å²) in [4.78, 5) is 23.7. The van der Waals surface area contributed by atoms with Gasteiger partial charge in [0.1, 0.15) is 17.2 Å². The van der Waals surface area contributed by atoms with E-state index in [-0.39, 0.29) is 17.6 Å². The zero-order valence-electron chi connectivity index (χ0n) is 17.7. The number of carbonyl (C=O) groups is 1. The summed E-state index contributed by atoms with van der Waals surface area (Å²) in [6, 6.07) is 14.7. The van der Waals surface area contributed by atoms with Gasteiger partial charge in [0, 0.05) is 30.9 Å². The number of nitrogen functional groups attached to an aromatic ring is 1. The Kier molecular flexibility index (Phi) is 5.14. The summed E-state index contributed by atoms with van der Waals surface area (Å²) in [6.45, 7) is 0.412. The van der Waals surface area contributed by atoms with E-state index < -0.39 is 0 Å². The lowest BCUT2D eigenvalue weighted by molar-refractivity contribution is 0.0974. The van der Waals surface area contributed by atoms with E-state index in [1.807, 2.05) is 12.1 Å². The SMILES string of the molecule is CN=Nc1ccc(-c2nc(N3CCc4cccnc4C3=O)c(-c3ccc(F)cc3)o2)cc1N. The van der Waals surface area contributed by atoms with E-state index in [0.29, 0.717) is 52.7 Å². The molecule has 0 saturated carbocycles. The van der Waals surface area contributed by atoms with Crippen LogP contribution in [-0.4, -0.2) is 29.5 Å². The number of oxazole rings is 1. The van der Waals surface area contributed by atoms with Crippen molar-refractivity contribution in [3.63, 3.8) is 0 Å². The van der Waals surface area contributed by atoms with Gasteiger partial charge in [0.2, 0.25) is 5.89 Å². The molecule has 8 nitrogen and oxygen atoms in total. The van der Waals surface area contributed by atoms with Crippen LogP contribution in [-0.2, 0) is 6.42 Å². The minimum absolute atomic E-state index is 0.265. The molecular weight excluding hydrogens is 423 g/mol. The Hall–Kier alpha value is -4.40. The molecule has 0 unspecified atom stereocenters. The number of aromatic nitrogens is 2. The summed E-state index contributed by atoms with van der Waals surface area (Å²) >= 11 is 0. The minimum Gasteiger partial charge on any atom is -0.434 e. The molecule has 1 aliphatic rings. The lowest BCUT2D eigenvalue weighted by Crippen LogP contribution is -2.38. The number of carbonyl (C=O) groups excluding carboxylic acids is 1. The normalized spacial score (nSPS) is 13.5. The van der Waals surface area contributed by atoms with Gasteiger partial charge >= 0.3 is 0 Å². The maximum absolute atomic E-state index is 13.6. The highest BCUT2D eigenvalue weighted by Crippen LogP contribution is 2.38. The largest absolute Gasteiger partial charge is 0.434 e. The minimum atomic E-state index is -0.374. The van der Waals surface area contributed by atoms with Gasteiger partial charge < -0.3 is 10.2 Å². The van der Waals surface area contributed by atoms with Crippen LogP contribution < -0.4 is 10.6 Å². The molecule has 2 N–H and O–H groups in total. The van der Waals surface area contributed by atoms with E-state index in [2.05, 4.69) is 20.2 Å². The fourth-order valence-electron chi connectivity index (χ4n) is 3.79. The number of nitrogens with zero attached hydrogens (tertiary/aromatic N) is 5. The molecule has 0 radical (unpaired) electrons. The molecule has 2 aromatic heterocycles. The molecule has 1 aliphatic heterocycles. The van der Waals surface area contributed by atoms with Crippen LogP contribution in [0, 0.1) is 5.82 Å². The zero-order chi connectivity index (χ0) is 22.9. The molecule has 0 atom stereocenters. The predicted octanol–water partition coefficient (Wildman–Crippen LogP) is 5.04. The molecule has 164 valence electrons. The molecule has 3 heterocycles. The van der Waals surface area contributed by atoms with Gasteiger partial charge in [-0.3, -0.25) is 14.7 Å². The average molecular weight is 442 g/mol. The second-order valence-electron chi connectivity index (χ2n) is 7.47. The lowest BCUT2D eigenvalue weighted by Gasteiger charge is -2.26. The first-order valence-corrected chi connectivity index (χ1v) is 10.3. The number of halogens is 1. The van der Waals surface area contributed by atoms with Gasteiger partial charge in [0.25, 0.3) is 5.91 Å². The maximum Gasteiger partial charge on any atom is 0.278 e. The third-order valence-corrected chi connectivity index (χ3v) is 5.40. The monoisotopic (exact) mass is 442 g/mol. The fraction of sp³-hybridized carbons (Fsp3) is 0.125. The highest BCUT2D eigenvalue weighted by atomic mass is 19.1. The third kappa shape index (κ3) is 3.73. The van der Waals surface area contributed by atoms with Crippen molar-refractivity contribution in [2.75, 3.05) is 24.2 Å². The van der Waals surface area contributed by atoms with Crippen molar-refractivity contribution < 1.29 is 13.6 Å². The van der Waals surface area contributed by atoms with Gasteiger partial charge in [-0.25, -0.2) is 4.39 Å². The van der Waals surface area contributed by atoms with Crippen LogP contribution in [0.3, 0.4) is 0 Å². The van der Waals surface area contributed by atoms with E-state index in [4.69, 9.17) is 10.2 Å². The standard InChI is InChI=1S/C24H19FN6O2/c1-27-30-19-9-6-16(13-18(19)26)23-29-22(21(33-23)15-4-7-17(25)8-5-15)31-12-10-14-3-2-11-28-20(14)24(31)32/h2-9,11,13H,10,12,26H2,1H3. The van der Waals surface area contributed by atoms with Crippen molar-refractivity contribution in [2.24, 2.45) is 10.2 Å². The fourth-order valence-corrected chi connectivity index (χ4v) is 3.79. The molecule has 0 aliphatic carbocycles. The molecular formula is C24H19FN6O2. The first-order chi connectivity index (χ1) is 16.0. The number of benzene rings is 2. The van der Waals surface area contributed by atoms with E-state index >= 15 is 0 Å². The van der Waals surface area contributed by atoms with E-state index in [1.54, 1.807) is 48.5 Å². The van der Waals surface area contributed by atoms with Crippen molar-refractivity contribution in [3.8, 4) is 22.8 Å². The topological polar surface area (TPSA) is 110 Å². The van der Waals surface area contributed by atoms with Gasteiger partial charge in [-0.05, 0) is 60.5 Å². The summed E-state index contributed by atoms with van der Waals surface area (Å²) in [7, 11) is 1.56. The number of anilines is 2. The molecule has 1 amide bonds. The van der Waals surface area contributed by atoms with Gasteiger partial charge in [0.15, 0.2) is 11.6 Å². The molecule has 0 spiro atoms. The van der Waals surface area contributed by atoms with Crippen LogP contribution in [0.15, 0.2) is 75.4 Å². The number of nitrogens with two attached hydrogens (primary N) is 1. The van der Waals surface area contributed by atoms with Gasteiger partial charge in [-0.15, -0.1) is 0 Å². The van der Waals surface area contributed by atoms with Crippen molar-refractivity contribution in [2.45, 2.75) is 6.42 Å². The summed E-state index contributed by atoms with van der Waals surface area (Å²) in [5.74, 6) is 0.331. The van der Waals surface area contributed by atoms with E-state index in [1.165, 1.54) is 12.1 Å². The van der Waals surface area contributed by atoms with Crippen molar-refractivity contribution in [3.05, 3.63) is 77.9 Å². The Morgan fingerprint density at radius 2 is 1.91 bits per heavy atom. The summed E-state index contributed by atoms with van der Waals surface area (Å²) in [5, 5.41) is 7.73. The summed E-state index contributed by atoms with van der Waals surface area (Å²) in [5.41, 5.74) is 9.51. The van der Waals surface area contributed by atoms with Gasteiger partial charge in [0.05, 0.1) is 5.69 Å². The number of fused-ring (bicyclic) bond motifs is 1. The third-order valence-electron chi connectivity index (χ3n) is 5.40. The van der Waals surface area contributed by atoms with Gasteiger partial charge in [-0.2, -0.15) is 15.2 Å². The van der Waals surface area contributed by atoms with Crippen molar-refractivity contribution >= 4 is 23.1 Å². The van der Waals surface area contributed by atoms with E-state index in [0.717, 1.165) is 5.56 Å². The Bertz CT molecular complexity index is 1380. The Morgan fingerprint density at radius 3 is 2.67 bits per heavy atom. The number of hydrogen-bond donors (Lipinski definition) is 1. The lowest BCUT2D eigenvalue weighted by atomic mass is 10.0. The van der Waals surface area contributed by atoms with E-state index in [9.17, 15) is 9.18 Å². The quantitative estimate of drug-likeness (QED) is 0.352. The summed E-state index contributed by atoms with van der Waals surface area (Å²) < 4.78 is 19.7. The molecule has 2 aromatic carbocycles. The molecule has 33 heavy (non-hydrogen) atoms. The highest BCUT2D eigenvalue weighted by molar-refractivity contribution is 6.07. The molecule has 0 fully saturated rings. The Morgan fingerprint density at radius 1 is 1.12 bits per heavy atom. The molecule has 0 bridgehead atoms. The van der Waals surface area contributed by atoms with Crippen LogP contribution in [0.1, 0.15) is 16.1 Å². The average Bonchev–Trinajstić information content (AvgIpc) is 3.26. The molecule has 0 saturated heterocycles. The predicted molar refractivity (Wildman–Crippen MR) is 122 cm³/mol. The smallest absolute Gasteiger partial charge is 0.278 e. The summed E-state index contributed by atoms with van der Waals surface area (Å²) in [6.07, 6.45) is 2.22. The highest BCUT2D eigenvalue weighted by Gasteiger charge is 2.32. The number of hydrogen-bond acceptors (Lipinski definition) is 7. The number of rotatable bonds is 4. The number of amides is 1. The number of pyridine rings is 1. The first kappa shape index (κ1) is 20.5. The van der Waals surface area contributed by atoms with Crippen LogP contribution in [0.5, 0.6) is 0 Å². The molecule has 4 aromatic rings. The molecule has 5 rings (SSSR count). The van der Waals surface area contributed by atoms with Crippen molar-refractivity contribution in [1.29, 1.82) is 0 Å². The Balaban J connectivity index is 1.63. The number of azo groups is 1. The first-order valence-electron chi connectivity index (χ1n) is 10.3. The van der Waals surface area contributed by atoms with Crippen LogP contribution in [0.2, 0.25) is 0 Å². The zero-order valence-corrected chi connectivity index (χ0v) is 17.7. The second-order valence-corrected chi connectivity index (χ2v) is 7.47. The maximum atomic E-state index is 13.6. The van der Waals surface area contributed by atoms with Gasteiger partial charge in [-0.1, -0.05) is 6.07 Å². The van der Waals surface area contributed by atoms with Crippen LogP contribution in [0.25, 0.3) is 22.8 Å². The Labute approximate surface area is 188 Å².